The number of amides is 1. The van der Waals surface area contributed by atoms with E-state index >= 15 is 0 Å². The van der Waals surface area contributed by atoms with Gasteiger partial charge in [0.15, 0.2) is 0 Å². The lowest BCUT2D eigenvalue weighted by Crippen LogP contribution is -2.17. The molecule has 0 bridgehead atoms. The van der Waals surface area contributed by atoms with Crippen LogP contribution in [0.1, 0.15) is 5.56 Å². The van der Waals surface area contributed by atoms with Gasteiger partial charge in [-0.05, 0) is 36.4 Å². The lowest BCUT2D eigenvalue weighted by atomic mass is 10.1. The minimum absolute atomic E-state index is 0.0641. The van der Waals surface area contributed by atoms with Crippen molar-refractivity contribution >= 4 is 29.2 Å². The minimum atomic E-state index is -0.0641. The highest BCUT2D eigenvalue weighted by atomic mass is 32.2. The summed E-state index contributed by atoms with van der Waals surface area (Å²) in [5, 5.41) is 5.92. The van der Waals surface area contributed by atoms with Crippen LogP contribution in [0.4, 0.5) is 11.5 Å². The Morgan fingerprint density at radius 1 is 1.27 bits per heavy atom. The molecule has 2 N–H and O–H groups in total. The second-order valence-electron chi connectivity index (χ2n) is 4.68. The first-order valence-electron chi connectivity index (χ1n) is 6.87. The molecule has 5 heteroatoms. The maximum absolute atomic E-state index is 12.1. The van der Waals surface area contributed by atoms with Crippen molar-refractivity contribution in [2.45, 2.75) is 11.3 Å². The third-order valence-electron chi connectivity index (χ3n) is 3.22. The SMILES string of the molecule is C=CNc1ncccc1C/C=C1/Sc2ccccc2NC1=O. The molecule has 1 amide bonds. The number of thioether (sulfide) groups is 1. The molecule has 1 aromatic carbocycles. The second kappa shape index (κ2) is 6.49. The number of hydrogen-bond acceptors (Lipinski definition) is 4. The number of carbonyl (C=O) groups excluding carboxylic acids is 1. The van der Waals surface area contributed by atoms with Gasteiger partial charge in [-0.25, -0.2) is 4.98 Å². The van der Waals surface area contributed by atoms with E-state index in [1.807, 2.05) is 42.5 Å². The third kappa shape index (κ3) is 3.04. The van der Waals surface area contributed by atoms with Crippen LogP contribution >= 0.6 is 11.8 Å². The predicted octanol–water partition coefficient (Wildman–Crippen LogP) is 3.81. The first-order valence-corrected chi connectivity index (χ1v) is 7.69. The van der Waals surface area contributed by atoms with Crippen LogP contribution in [-0.2, 0) is 11.2 Å². The standard InChI is InChI=1S/C17H15N3OS/c1-2-18-16-12(6-5-11-19-16)9-10-15-17(21)20-13-7-3-4-8-14(13)22-15/h2-8,10-11H,1,9H2,(H,18,19)(H,20,21)/b15-10+. The van der Waals surface area contributed by atoms with E-state index in [-0.39, 0.29) is 5.91 Å². The summed E-state index contributed by atoms with van der Waals surface area (Å²) in [6.07, 6.45) is 5.88. The molecule has 0 radical (unpaired) electrons. The Hall–Kier alpha value is -2.53. The molecule has 1 aromatic heterocycles. The quantitative estimate of drug-likeness (QED) is 0.843. The molecule has 2 aromatic rings. The summed E-state index contributed by atoms with van der Waals surface area (Å²) in [6, 6.07) is 11.7. The van der Waals surface area contributed by atoms with Gasteiger partial charge in [0.25, 0.3) is 5.91 Å². The number of fused-ring (bicyclic) bond motifs is 1. The Balaban J connectivity index is 1.82. The van der Waals surface area contributed by atoms with Gasteiger partial charge < -0.3 is 10.6 Å². The van der Waals surface area contributed by atoms with E-state index in [2.05, 4.69) is 22.2 Å². The van der Waals surface area contributed by atoms with Crippen molar-refractivity contribution in [1.82, 2.24) is 4.98 Å². The number of para-hydroxylation sites is 1. The van der Waals surface area contributed by atoms with Crippen molar-refractivity contribution in [2.24, 2.45) is 0 Å². The first-order chi connectivity index (χ1) is 10.8. The summed E-state index contributed by atoms with van der Waals surface area (Å²) in [5.41, 5.74) is 1.88. The molecule has 0 aliphatic carbocycles. The van der Waals surface area contributed by atoms with Gasteiger partial charge in [0, 0.05) is 11.1 Å². The maximum atomic E-state index is 12.1. The van der Waals surface area contributed by atoms with Crippen LogP contribution in [0, 0.1) is 0 Å². The van der Waals surface area contributed by atoms with Crippen LogP contribution in [0.3, 0.4) is 0 Å². The zero-order chi connectivity index (χ0) is 15.4. The average Bonchev–Trinajstić information content (AvgIpc) is 2.54. The molecule has 1 aliphatic rings. The van der Waals surface area contributed by atoms with Gasteiger partial charge in [-0.2, -0.15) is 0 Å². The molecule has 4 nitrogen and oxygen atoms in total. The Morgan fingerprint density at radius 2 is 2.14 bits per heavy atom. The molecule has 0 spiro atoms. The molecule has 0 saturated carbocycles. The van der Waals surface area contributed by atoms with Crippen LogP contribution < -0.4 is 10.6 Å². The van der Waals surface area contributed by atoms with Crippen molar-refractivity contribution in [2.75, 3.05) is 10.6 Å². The smallest absolute Gasteiger partial charge is 0.262 e. The van der Waals surface area contributed by atoms with E-state index in [4.69, 9.17) is 0 Å². The fourth-order valence-electron chi connectivity index (χ4n) is 2.17. The van der Waals surface area contributed by atoms with Crippen LogP contribution in [0.5, 0.6) is 0 Å². The van der Waals surface area contributed by atoms with Crippen molar-refractivity contribution in [3.05, 3.63) is 71.9 Å². The Morgan fingerprint density at radius 3 is 3.00 bits per heavy atom. The number of carbonyl (C=O) groups is 1. The van der Waals surface area contributed by atoms with E-state index < -0.39 is 0 Å². The largest absolute Gasteiger partial charge is 0.347 e. The van der Waals surface area contributed by atoms with Crippen LogP contribution in [0.25, 0.3) is 0 Å². The van der Waals surface area contributed by atoms with Crippen molar-refractivity contribution in [1.29, 1.82) is 0 Å². The van der Waals surface area contributed by atoms with Crippen LogP contribution in [0.2, 0.25) is 0 Å². The van der Waals surface area contributed by atoms with Gasteiger partial charge in [0.05, 0.1) is 10.6 Å². The number of aromatic nitrogens is 1. The Labute approximate surface area is 133 Å². The molecule has 1 aliphatic heterocycles. The summed E-state index contributed by atoms with van der Waals surface area (Å²) >= 11 is 1.49. The summed E-state index contributed by atoms with van der Waals surface area (Å²) in [5.74, 6) is 0.696. The topological polar surface area (TPSA) is 54.0 Å². The summed E-state index contributed by atoms with van der Waals surface area (Å²) in [4.78, 5) is 18.2. The van der Waals surface area contributed by atoms with E-state index in [1.54, 1.807) is 12.4 Å². The highest BCUT2D eigenvalue weighted by Gasteiger charge is 2.20. The first kappa shape index (κ1) is 14.4. The monoisotopic (exact) mass is 309 g/mol. The summed E-state index contributed by atoms with van der Waals surface area (Å²) in [6.45, 7) is 3.65. The van der Waals surface area contributed by atoms with Crippen LogP contribution in [0.15, 0.2) is 71.3 Å². The lowest BCUT2D eigenvalue weighted by molar-refractivity contribution is -0.112. The lowest BCUT2D eigenvalue weighted by Gasteiger charge is -2.18. The van der Waals surface area contributed by atoms with E-state index in [0.717, 1.165) is 22.0 Å². The highest BCUT2D eigenvalue weighted by Crippen LogP contribution is 2.37. The van der Waals surface area contributed by atoms with E-state index in [0.29, 0.717) is 11.3 Å². The van der Waals surface area contributed by atoms with Gasteiger partial charge in [0.1, 0.15) is 5.82 Å². The molecule has 0 atom stereocenters. The number of pyridine rings is 1. The fraction of sp³-hybridized carbons (Fsp3) is 0.0588. The molecule has 22 heavy (non-hydrogen) atoms. The van der Waals surface area contributed by atoms with E-state index in [9.17, 15) is 4.79 Å². The molecule has 0 unspecified atom stereocenters. The fourth-order valence-corrected chi connectivity index (χ4v) is 3.10. The molecular weight excluding hydrogens is 294 g/mol. The number of hydrogen-bond donors (Lipinski definition) is 2. The number of nitrogens with zero attached hydrogens (tertiary/aromatic N) is 1. The Kier molecular flexibility index (Phi) is 4.25. The van der Waals surface area contributed by atoms with Crippen LogP contribution in [-0.4, -0.2) is 10.9 Å². The summed E-state index contributed by atoms with van der Waals surface area (Å²) < 4.78 is 0. The predicted molar refractivity (Wildman–Crippen MR) is 90.8 cm³/mol. The minimum Gasteiger partial charge on any atom is -0.347 e. The van der Waals surface area contributed by atoms with Gasteiger partial charge in [0.2, 0.25) is 0 Å². The normalized spacial score (nSPS) is 15.1. The molecule has 3 rings (SSSR count). The highest BCUT2D eigenvalue weighted by molar-refractivity contribution is 8.04. The van der Waals surface area contributed by atoms with Gasteiger partial charge in [-0.1, -0.05) is 42.6 Å². The zero-order valence-electron chi connectivity index (χ0n) is 11.9. The van der Waals surface area contributed by atoms with Gasteiger partial charge >= 0.3 is 0 Å². The van der Waals surface area contributed by atoms with Crippen molar-refractivity contribution in [3.63, 3.8) is 0 Å². The molecule has 110 valence electrons. The number of rotatable bonds is 4. The maximum Gasteiger partial charge on any atom is 0.262 e. The second-order valence-corrected chi connectivity index (χ2v) is 5.77. The number of benzene rings is 1. The molecule has 2 heterocycles. The summed E-state index contributed by atoms with van der Waals surface area (Å²) in [7, 11) is 0. The number of allylic oxidation sites excluding steroid dienone is 1. The van der Waals surface area contributed by atoms with Crippen molar-refractivity contribution < 1.29 is 4.79 Å². The molecule has 0 fully saturated rings. The number of nitrogens with one attached hydrogen (secondary N) is 2. The molecule has 0 saturated heterocycles. The Bertz CT molecular complexity index is 755. The average molecular weight is 309 g/mol. The molecular formula is C17H15N3OS. The van der Waals surface area contributed by atoms with Gasteiger partial charge in [-0.3, -0.25) is 4.79 Å². The number of anilines is 2. The van der Waals surface area contributed by atoms with Gasteiger partial charge in [-0.15, -0.1) is 0 Å². The van der Waals surface area contributed by atoms with E-state index in [1.165, 1.54) is 11.8 Å². The van der Waals surface area contributed by atoms with Crippen molar-refractivity contribution in [3.8, 4) is 0 Å². The zero-order valence-corrected chi connectivity index (χ0v) is 12.7. The third-order valence-corrected chi connectivity index (χ3v) is 4.36.